The van der Waals surface area contributed by atoms with Gasteiger partial charge in [-0.25, -0.2) is 4.98 Å². The van der Waals surface area contributed by atoms with E-state index in [1.54, 1.807) is 48.0 Å². The number of nitro groups is 1. The standard InChI is InChI=1S/C18H14N4O3S/c1-2-11-21(17(23)15-5-3-4-10-19-15)18-20-16(12-26-18)13-6-8-14(9-7-13)22(24)25/h2-10,12H,1,11H2. The lowest BCUT2D eigenvalue weighted by Crippen LogP contribution is -2.31. The fourth-order valence-electron chi connectivity index (χ4n) is 2.28. The summed E-state index contributed by atoms with van der Waals surface area (Å²) in [5, 5.41) is 13.1. The number of thiazole rings is 1. The number of benzene rings is 1. The van der Waals surface area contributed by atoms with E-state index in [1.807, 2.05) is 0 Å². The average molecular weight is 366 g/mol. The predicted octanol–water partition coefficient (Wildman–Crippen LogP) is 3.95. The van der Waals surface area contributed by atoms with Crippen molar-refractivity contribution in [2.75, 3.05) is 11.4 Å². The summed E-state index contributed by atoms with van der Waals surface area (Å²) < 4.78 is 0. The Morgan fingerprint density at radius 3 is 2.65 bits per heavy atom. The molecule has 3 rings (SSSR count). The summed E-state index contributed by atoms with van der Waals surface area (Å²) in [5.41, 5.74) is 1.72. The number of pyridine rings is 1. The molecule has 0 saturated carbocycles. The number of aromatic nitrogens is 2. The van der Waals surface area contributed by atoms with E-state index in [4.69, 9.17) is 0 Å². The highest BCUT2D eigenvalue weighted by molar-refractivity contribution is 7.14. The number of carbonyl (C=O) groups is 1. The maximum absolute atomic E-state index is 12.7. The number of carbonyl (C=O) groups excluding carboxylic acids is 1. The number of nitro benzene ring substituents is 1. The number of hydrogen-bond acceptors (Lipinski definition) is 6. The lowest BCUT2D eigenvalue weighted by atomic mass is 10.1. The average Bonchev–Trinajstić information content (AvgIpc) is 3.16. The Labute approximate surface area is 153 Å². The highest BCUT2D eigenvalue weighted by Gasteiger charge is 2.21. The van der Waals surface area contributed by atoms with Crippen molar-refractivity contribution < 1.29 is 9.72 Å². The number of amides is 1. The van der Waals surface area contributed by atoms with Gasteiger partial charge in [0.2, 0.25) is 0 Å². The van der Waals surface area contributed by atoms with E-state index in [9.17, 15) is 14.9 Å². The highest BCUT2D eigenvalue weighted by atomic mass is 32.1. The Kier molecular flexibility index (Phi) is 5.14. The van der Waals surface area contributed by atoms with Gasteiger partial charge in [-0.3, -0.25) is 24.8 Å². The van der Waals surface area contributed by atoms with Crippen molar-refractivity contribution in [3.05, 3.63) is 82.5 Å². The highest BCUT2D eigenvalue weighted by Crippen LogP contribution is 2.29. The molecule has 0 aliphatic rings. The van der Waals surface area contributed by atoms with Crippen LogP contribution in [0.2, 0.25) is 0 Å². The molecule has 26 heavy (non-hydrogen) atoms. The minimum atomic E-state index is -0.451. The predicted molar refractivity (Wildman–Crippen MR) is 100 cm³/mol. The Balaban J connectivity index is 1.89. The van der Waals surface area contributed by atoms with E-state index in [1.165, 1.54) is 28.4 Å². The van der Waals surface area contributed by atoms with Crippen molar-refractivity contribution >= 4 is 28.1 Å². The first kappa shape index (κ1) is 17.4. The summed E-state index contributed by atoms with van der Waals surface area (Å²) in [6.45, 7) is 3.99. The largest absolute Gasteiger partial charge is 0.279 e. The molecule has 0 saturated heterocycles. The van der Waals surface area contributed by atoms with E-state index in [-0.39, 0.29) is 11.6 Å². The zero-order valence-corrected chi connectivity index (χ0v) is 14.4. The van der Waals surface area contributed by atoms with Crippen LogP contribution in [0.4, 0.5) is 10.8 Å². The van der Waals surface area contributed by atoms with Crippen molar-refractivity contribution in [2.45, 2.75) is 0 Å². The molecule has 1 amide bonds. The normalized spacial score (nSPS) is 10.3. The van der Waals surface area contributed by atoms with Gasteiger partial charge in [-0.2, -0.15) is 0 Å². The molecule has 0 aliphatic carbocycles. The van der Waals surface area contributed by atoms with Gasteiger partial charge < -0.3 is 0 Å². The molecule has 8 heteroatoms. The van der Waals surface area contributed by atoms with Crippen molar-refractivity contribution in [1.82, 2.24) is 9.97 Å². The number of nitrogens with zero attached hydrogens (tertiary/aromatic N) is 4. The zero-order valence-electron chi connectivity index (χ0n) is 13.6. The topological polar surface area (TPSA) is 89.2 Å². The molecule has 0 aliphatic heterocycles. The summed E-state index contributed by atoms with van der Waals surface area (Å²) in [6, 6.07) is 11.2. The van der Waals surface area contributed by atoms with Crippen LogP contribution in [0, 0.1) is 10.1 Å². The molecule has 0 spiro atoms. The first-order valence-electron chi connectivity index (χ1n) is 7.64. The molecule has 0 unspecified atom stereocenters. The zero-order chi connectivity index (χ0) is 18.5. The van der Waals surface area contributed by atoms with E-state index in [0.717, 1.165) is 5.56 Å². The second kappa shape index (κ2) is 7.66. The van der Waals surface area contributed by atoms with Crippen molar-refractivity contribution in [2.24, 2.45) is 0 Å². The SMILES string of the molecule is C=CCN(C(=O)c1ccccn1)c1nc(-c2ccc([N+](=O)[O-])cc2)cs1. The summed E-state index contributed by atoms with van der Waals surface area (Å²) >= 11 is 1.31. The van der Waals surface area contributed by atoms with Gasteiger partial charge in [0.05, 0.1) is 10.6 Å². The van der Waals surface area contributed by atoms with Crippen molar-refractivity contribution in [3.63, 3.8) is 0 Å². The van der Waals surface area contributed by atoms with Gasteiger partial charge in [0.1, 0.15) is 5.69 Å². The molecule has 2 aromatic heterocycles. The molecule has 1 aromatic carbocycles. The monoisotopic (exact) mass is 366 g/mol. The summed E-state index contributed by atoms with van der Waals surface area (Å²) in [6.07, 6.45) is 3.18. The molecule has 0 radical (unpaired) electrons. The Morgan fingerprint density at radius 2 is 2.04 bits per heavy atom. The third-order valence-corrected chi connectivity index (χ3v) is 4.40. The maximum atomic E-state index is 12.7. The first-order chi connectivity index (χ1) is 12.6. The van der Waals surface area contributed by atoms with E-state index >= 15 is 0 Å². The molecule has 0 atom stereocenters. The molecule has 7 nitrogen and oxygen atoms in total. The van der Waals surface area contributed by atoms with Gasteiger partial charge in [0.15, 0.2) is 5.13 Å². The fourth-order valence-corrected chi connectivity index (χ4v) is 3.12. The van der Waals surface area contributed by atoms with Gasteiger partial charge in [-0.1, -0.05) is 12.1 Å². The minimum Gasteiger partial charge on any atom is -0.279 e. The van der Waals surface area contributed by atoms with Crippen LogP contribution >= 0.6 is 11.3 Å². The molecule has 0 bridgehead atoms. The minimum absolute atomic E-state index is 0.0165. The smallest absolute Gasteiger partial charge is 0.278 e. The molecule has 130 valence electrons. The van der Waals surface area contributed by atoms with Crippen LogP contribution in [0.25, 0.3) is 11.3 Å². The van der Waals surface area contributed by atoms with Crippen LogP contribution in [-0.4, -0.2) is 27.3 Å². The van der Waals surface area contributed by atoms with Gasteiger partial charge in [-0.05, 0) is 24.3 Å². The fraction of sp³-hybridized carbons (Fsp3) is 0.0556. The Bertz CT molecular complexity index is 939. The van der Waals surface area contributed by atoms with E-state index < -0.39 is 4.92 Å². The molecule has 3 aromatic rings. The van der Waals surface area contributed by atoms with Crippen molar-refractivity contribution in [3.8, 4) is 11.3 Å². The molecule has 0 N–H and O–H groups in total. The van der Waals surface area contributed by atoms with Crippen molar-refractivity contribution in [1.29, 1.82) is 0 Å². The van der Waals surface area contributed by atoms with Crippen LogP contribution < -0.4 is 4.90 Å². The summed E-state index contributed by atoms with van der Waals surface area (Å²) in [4.78, 5) is 33.1. The Morgan fingerprint density at radius 1 is 1.27 bits per heavy atom. The third-order valence-electron chi connectivity index (χ3n) is 3.54. The van der Waals surface area contributed by atoms with Crippen LogP contribution in [0.3, 0.4) is 0 Å². The molecule has 0 fully saturated rings. The second-order valence-corrected chi connectivity index (χ2v) is 6.08. The van der Waals surface area contributed by atoms with Crippen LogP contribution in [0.5, 0.6) is 0 Å². The maximum Gasteiger partial charge on any atom is 0.278 e. The van der Waals surface area contributed by atoms with Crippen LogP contribution in [0.1, 0.15) is 10.5 Å². The number of hydrogen-bond donors (Lipinski definition) is 0. The molecule has 2 heterocycles. The van der Waals surface area contributed by atoms with Gasteiger partial charge in [0.25, 0.3) is 11.6 Å². The van der Waals surface area contributed by atoms with Gasteiger partial charge in [0, 0.05) is 35.8 Å². The molecular weight excluding hydrogens is 352 g/mol. The first-order valence-corrected chi connectivity index (χ1v) is 8.52. The second-order valence-electron chi connectivity index (χ2n) is 5.24. The van der Waals surface area contributed by atoms with Gasteiger partial charge >= 0.3 is 0 Å². The van der Waals surface area contributed by atoms with Gasteiger partial charge in [-0.15, -0.1) is 17.9 Å². The third kappa shape index (κ3) is 3.65. The van der Waals surface area contributed by atoms with E-state index in [0.29, 0.717) is 23.1 Å². The number of rotatable bonds is 6. The number of anilines is 1. The summed E-state index contributed by atoms with van der Waals surface area (Å²) in [5.74, 6) is -0.268. The van der Waals surface area contributed by atoms with Crippen LogP contribution in [0.15, 0.2) is 66.7 Å². The lowest BCUT2D eigenvalue weighted by molar-refractivity contribution is -0.384. The van der Waals surface area contributed by atoms with E-state index in [2.05, 4.69) is 16.5 Å². The number of non-ortho nitro benzene ring substituents is 1. The van der Waals surface area contributed by atoms with Crippen LogP contribution in [-0.2, 0) is 0 Å². The molecular formula is C18H14N4O3S. The Hall–Kier alpha value is -3.39. The quantitative estimate of drug-likeness (QED) is 0.374. The lowest BCUT2D eigenvalue weighted by Gasteiger charge is -2.17. The summed E-state index contributed by atoms with van der Waals surface area (Å²) in [7, 11) is 0.